The van der Waals surface area contributed by atoms with E-state index in [0.29, 0.717) is 18.8 Å². The number of carbonyl (C=O) groups is 2. The van der Waals surface area contributed by atoms with Crippen molar-refractivity contribution in [2.45, 2.75) is 19.3 Å². The molecule has 3 rings (SSSR count). The Labute approximate surface area is 124 Å². The van der Waals surface area contributed by atoms with Gasteiger partial charge in [0.25, 0.3) is 5.91 Å². The fraction of sp³-hybridized carbons (Fsp3) is 0.385. The first-order chi connectivity index (χ1) is 10.4. The molecular formula is C13H13F2N3O4. The quantitative estimate of drug-likeness (QED) is 0.881. The first kappa shape index (κ1) is 14.4. The molecule has 1 aromatic rings. The Kier molecular flexibility index (Phi) is 3.27. The molecule has 1 saturated heterocycles. The summed E-state index contributed by atoms with van der Waals surface area (Å²) in [6.45, 7) is 2.29. The first-order valence-electron chi connectivity index (χ1n) is 6.61. The van der Waals surface area contributed by atoms with Gasteiger partial charge in [-0.2, -0.15) is 0 Å². The highest BCUT2D eigenvalue weighted by molar-refractivity contribution is 5.99. The molecule has 22 heavy (non-hydrogen) atoms. The molecule has 0 unspecified atom stereocenters. The number of benzene rings is 1. The largest absolute Gasteiger partial charge is 0.586 e. The molecule has 1 fully saturated rings. The maximum atomic E-state index is 12.9. The Balaban J connectivity index is 1.69. The van der Waals surface area contributed by atoms with Crippen molar-refractivity contribution in [3.05, 3.63) is 18.2 Å². The average molecular weight is 313 g/mol. The predicted molar refractivity (Wildman–Crippen MR) is 70.8 cm³/mol. The van der Waals surface area contributed by atoms with Crippen LogP contribution in [0, 0.1) is 0 Å². The molecule has 0 bridgehead atoms. The summed E-state index contributed by atoms with van der Waals surface area (Å²) in [5, 5.41) is 5.38. The minimum absolute atomic E-state index is 0.0755. The highest BCUT2D eigenvalue weighted by atomic mass is 19.3. The molecule has 2 heterocycles. The number of hydrogen-bond donors (Lipinski definition) is 2. The summed E-state index contributed by atoms with van der Waals surface area (Å²) in [6.07, 6.45) is -3.68. The van der Waals surface area contributed by atoms with Gasteiger partial charge in [-0.1, -0.05) is 0 Å². The number of anilines is 1. The number of nitrogens with one attached hydrogen (secondary N) is 2. The lowest BCUT2D eigenvalue weighted by atomic mass is 10.2. The van der Waals surface area contributed by atoms with Gasteiger partial charge in [0.15, 0.2) is 11.5 Å². The number of urea groups is 1. The first-order valence-corrected chi connectivity index (χ1v) is 6.61. The molecule has 0 spiro atoms. The fourth-order valence-corrected chi connectivity index (χ4v) is 2.27. The second-order valence-corrected chi connectivity index (χ2v) is 4.92. The van der Waals surface area contributed by atoms with E-state index in [4.69, 9.17) is 0 Å². The molecule has 1 aromatic carbocycles. The van der Waals surface area contributed by atoms with E-state index < -0.39 is 24.3 Å². The monoisotopic (exact) mass is 313 g/mol. The summed E-state index contributed by atoms with van der Waals surface area (Å²) in [7, 11) is 0. The van der Waals surface area contributed by atoms with Crippen molar-refractivity contribution in [3.8, 4) is 11.5 Å². The van der Waals surface area contributed by atoms with Crippen LogP contribution < -0.4 is 20.1 Å². The summed E-state index contributed by atoms with van der Waals surface area (Å²) >= 11 is 0. The molecule has 118 valence electrons. The van der Waals surface area contributed by atoms with Crippen molar-refractivity contribution in [1.82, 2.24) is 10.2 Å². The molecule has 9 heteroatoms. The Morgan fingerprint density at radius 2 is 2.14 bits per heavy atom. The highest BCUT2D eigenvalue weighted by Gasteiger charge is 2.43. The minimum Gasteiger partial charge on any atom is -0.395 e. The van der Waals surface area contributed by atoms with Crippen molar-refractivity contribution < 1.29 is 27.8 Å². The molecule has 0 aliphatic carbocycles. The molecule has 2 N–H and O–H groups in total. The zero-order chi connectivity index (χ0) is 15.9. The molecule has 3 amide bonds. The molecule has 2 aliphatic heterocycles. The van der Waals surface area contributed by atoms with Crippen LogP contribution in [0.2, 0.25) is 0 Å². The zero-order valence-electron chi connectivity index (χ0n) is 11.6. The molecule has 0 radical (unpaired) electrons. The lowest BCUT2D eigenvalue weighted by Gasteiger charge is -2.19. The normalized spacial score (nSPS) is 19.8. The van der Waals surface area contributed by atoms with Gasteiger partial charge < -0.3 is 20.1 Å². The van der Waals surface area contributed by atoms with E-state index >= 15 is 0 Å². The van der Waals surface area contributed by atoms with E-state index in [-0.39, 0.29) is 11.5 Å². The molecule has 7 nitrogen and oxygen atoms in total. The third kappa shape index (κ3) is 2.61. The SMILES string of the molecule is C[C@@H](Nc1ccc2c(c1)OC(F)(F)O2)C(=O)N1CCNC1=O. The van der Waals surface area contributed by atoms with Crippen LogP contribution >= 0.6 is 0 Å². The number of fused-ring (bicyclic) bond motifs is 1. The number of carbonyl (C=O) groups excluding carboxylic acids is 2. The lowest BCUT2D eigenvalue weighted by molar-refractivity contribution is -0.286. The van der Waals surface area contributed by atoms with Gasteiger partial charge in [-0.15, -0.1) is 8.78 Å². The Hall–Kier alpha value is -2.58. The Bertz CT molecular complexity index is 638. The van der Waals surface area contributed by atoms with Gasteiger partial charge in [0.2, 0.25) is 0 Å². The number of halogens is 2. The maximum absolute atomic E-state index is 12.9. The van der Waals surface area contributed by atoms with Crippen LogP contribution in [0.3, 0.4) is 0 Å². The smallest absolute Gasteiger partial charge is 0.395 e. The van der Waals surface area contributed by atoms with Gasteiger partial charge in [0.05, 0.1) is 0 Å². The summed E-state index contributed by atoms with van der Waals surface area (Å²) < 4.78 is 34.5. The fourth-order valence-electron chi connectivity index (χ4n) is 2.27. The van der Waals surface area contributed by atoms with E-state index in [9.17, 15) is 18.4 Å². The summed E-state index contributed by atoms with van der Waals surface area (Å²) in [5.74, 6) is -0.597. The van der Waals surface area contributed by atoms with Gasteiger partial charge >= 0.3 is 12.3 Å². The number of nitrogens with zero attached hydrogens (tertiary/aromatic N) is 1. The minimum atomic E-state index is -3.68. The standard InChI is InChI=1S/C13H13F2N3O4/c1-7(11(19)18-5-4-16-12(18)20)17-8-2-3-9-10(6-8)22-13(14,15)21-9/h2-3,6-7,17H,4-5H2,1H3,(H,16,20)/t7-/m1/s1. The molecule has 2 aliphatic rings. The topological polar surface area (TPSA) is 79.9 Å². The molecule has 0 saturated carbocycles. The van der Waals surface area contributed by atoms with Crippen LogP contribution in [-0.4, -0.2) is 42.3 Å². The van der Waals surface area contributed by atoms with Crippen LogP contribution in [0.25, 0.3) is 0 Å². The molecule has 0 aromatic heterocycles. The van der Waals surface area contributed by atoms with Crippen LogP contribution in [0.4, 0.5) is 19.3 Å². The Morgan fingerprint density at radius 1 is 1.41 bits per heavy atom. The third-order valence-electron chi connectivity index (χ3n) is 3.28. The second kappa shape index (κ2) is 5.00. The van der Waals surface area contributed by atoms with Gasteiger partial charge in [-0.05, 0) is 19.1 Å². The van der Waals surface area contributed by atoms with E-state index in [1.807, 2.05) is 0 Å². The van der Waals surface area contributed by atoms with Crippen LogP contribution in [0.5, 0.6) is 11.5 Å². The number of ether oxygens (including phenoxy) is 2. The van der Waals surface area contributed by atoms with E-state index in [2.05, 4.69) is 20.1 Å². The van der Waals surface area contributed by atoms with E-state index in [1.54, 1.807) is 6.92 Å². The average Bonchev–Trinajstić information content (AvgIpc) is 2.98. The van der Waals surface area contributed by atoms with Crippen LogP contribution in [0.15, 0.2) is 18.2 Å². The summed E-state index contributed by atoms with van der Waals surface area (Å²) in [5.41, 5.74) is 0.403. The van der Waals surface area contributed by atoms with Gasteiger partial charge in [0, 0.05) is 24.8 Å². The van der Waals surface area contributed by atoms with Gasteiger partial charge in [-0.3, -0.25) is 9.69 Å². The number of rotatable bonds is 3. The van der Waals surface area contributed by atoms with Crippen molar-refractivity contribution in [2.75, 3.05) is 18.4 Å². The summed E-state index contributed by atoms with van der Waals surface area (Å²) in [4.78, 5) is 24.7. The number of alkyl halides is 2. The van der Waals surface area contributed by atoms with Gasteiger partial charge in [-0.25, -0.2) is 4.79 Å². The van der Waals surface area contributed by atoms with Crippen molar-refractivity contribution in [1.29, 1.82) is 0 Å². The summed E-state index contributed by atoms with van der Waals surface area (Å²) in [6, 6.07) is 2.97. The van der Waals surface area contributed by atoms with Crippen molar-refractivity contribution in [3.63, 3.8) is 0 Å². The highest BCUT2D eigenvalue weighted by Crippen LogP contribution is 2.42. The zero-order valence-corrected chi connectivity index (χ0v) is 11.6. The van der Waals surface area contributed by atoms with Crippen LogP contribution in [0.1, 0.15) is 6.92 Å². The van der Waals surface area contributed by atoms with E-state index in [0.717, 1.165) is 4.90 Å². The molecular weight excluding hydrogens is 300 g/mol. The predicted octanol–water partition coefficient (Wildman–Crippen LogP) is 1.36. The lowest BCUT2D eigenvalue weighted by Crippen LogP contribution is -2.43. The molecule has 1 atom stereocenters. The second-order valence-electron chi connectivity index (χ2n) is 4.92. The number of imide groups is 1. The van der Waals surface area contributed by atoms with Crippen molar-refractivity contribution >= 4 is 17.6 Å². The van der Waals surface area contributed by atoms with Crippen molar-refractivity contribution in [2.24, 2.45) is 0 Å². The third-order valence-corrected chi connectivity index (χ3v) is 3.28. The van der Waals surface area contributed by atoms with E-state index in [1.165, 1.54) is 18.2 Å². The Morgan fingerprint density at radius 3 is 2.82 bits per heavy atom. The number of hydrogen-bond acceptors (Lipinski definition) is 5. The maximum Gasteiger partial charge on any atom is 0.586 e. The van der Waals surface area contributed by atoms with Gasteiger partial charge in [0.1, 0.15) is 6.04 Å². The van der Waals surface area contributed by atoms with Crippen LogP contribution in [-0.2, 0) is 4.79 Å². The number of amides is 3.